The zero-order chi connectivity index (χ0) is 23.5. The SMILES string of the molecule is C[C@H](Oc1nc(C#N)cc(N2CCN(C(=O)OC(C)(C)C)CC[C@@H]2C)n1)[C@@H]1CCCN1C. The fraction of sp³-hybridized carbons (Fsp3) is 0.739. The van der Waals surface area contributed by atoms with Gasteiger partial charge in [0, 0.05) is 37.8 Å². The summed E-state index contributed by atoms with van der Waals surface area (Å²) in [6, 6.07) is 4.50. The van der Waals surface area contributed by atoms with Gasteiger partial charge in [-0.25, -0.2) is 4.79 Å². The number of anilines is 1. The summed E-state index contributed by atoms with van der Waals surface area (Å²) in [4.78, 5) is 27.6. The minimum atomic E-state index is -0.528. The van der Waals surface area contributed by atoms with Gasteiger partial charge in [-0.1, -0.05) is 0 Å². The third-order valence-electron chi connectivity index (χ3n) is 6.12. The molecule has 176 valence electrons. The number of carbonyl (C=O) groups excluding carboxylic acids is 1. The average Bonchev–Trinajstić information content (AvgIpc) is 3.04. The highest BCUT2D eigenvalue weighted by atomic mass is 16.6. The van der Waals surface area contributed by atoms with Gasteiger partial charge in [0.1, 0.15) is 29.3 Å². The molecule has 2 fully saturated rings. The molecule has 3 atom stereocenters. The van der Waals surface area contributed by atoms with Crippen LogP contribution in [0, 0.1) is 11.3 Å². The molecule has 9 heteroatoms. The minimum Gasteiger partial charge on any atom is -0.459 e. The Kier molecular flexibility index (Phi) is 7.44. The molecule has 1 aromatic rings. The summed E-state index contributed by atoms with van der Waals surface area (Å²) in [6.45, 7) is 12.5. The van der Waals surface area contributed by atoms with Crippen LogP contribution in [-0.2, 0) is 4.74 Å². The molecule has 0 saturated carbocycles. The molecule has 0 aromatic carbocycles. The zero-order valence-corrected chi connectivity index (χ0v) is 20.2. The summed E-state index contributed by atoms with van der Waals surface area (Å²) in [7, 11) is 2.10. The molecular formula is C23H36N6O3. The Hall–Kier alpha value is -2.60. The molecule has 9 nitrogen and oxygen atoms in total. The van der Waals surface area contributed by atoms with Crippen LogP contribution >= 0.6 is 0 Å². The smallest absolute Gasteiger partial charge is 0.410 e. The monoisotopic (exact) mass is 444 g/mol. The Labute approximate surface area is 191 Å². The van der Waals surface area contributed by atoms with Crippen LogP contribution in [0.15, 0.2) is 6.07 Å². The van der Waals surface area contributed by atoms with E-state index in [1.165, 1.54) is 0 Å². The average molecular weight is 445 g/mol. The maximum Gasteiger partial charge on any atom is 0.410 e. The highest BCUT2D eigenvalue weighted by Gasteiger charge is 2.30. The van der Waals surface area contributed by atoms with E-state index in [0.717, 1.165) is 25.8 Å². The molecule has 0 radical (unpaired) electrons. The lowest BCUT2D eigenvalue weighted by molar-refractivity contribution is 0.0262. The van der Waals surface area contributed by atoms with Gasteiger partial charge in [0.25, 0.3) is 0 Å². The van der Waals surface area contributed by atoms with E-state index < -0.39 is 5.60 Å². The van der Waals surface area contributed by atoms with Crippen molar-refractivity contribution in [2.45, 2.75) is 77.7 Å². The lowest BCUT2D eigenvalue weighted by Crippen LogP contribution is -2.40. The van der Waals surface area contributed by atoms with Crippen LogP contribution in [0.25, 0.3) is 0 Å². The number of rotatable bonds is 4. The molecule has 2 aliphatic rings. The van der Waals surface area contributed by atoms with E-state index in [1.54, 1.807) is 11.0 Å². The Morgan fingerprint density at radius 1 is 1.22 bits per heavy atom. The number of nitrogens with zero attached hydrogens (tertiary/aromatic N) is 6. The number of carbonyl (C=O) groups is 1. The molecular weight excluding hydrogens is 408 g/mol. The quantitative estimate of drug-likeness (QED) is 0.699. The van der Waals surface area contributed by atoms with E-state index >= 15 is 0 Å². The van der Waals surface area contributed by atoms with Crippen molar-refractivity contribution >= 4 is 11.9 Å². The normalized spacial score (nSPS) is 23.4. The number of aromatic nitrogens is 2. The van der Waals surface area contributed by atoms with Crippen LogP contribution in [0.3, 0.4) is 0 Å². The number of ether oxygens (including phenoxy) is 2. The van der Waals surface area contributed by atoms with Gasteiger partial charge in [-0.2, -0.15) is 15.2 Å². The number of likely N-dealkylation sites (N-methyl/N-ethyl adjacent to an activating group) is 1. The maximum absolute atomic E-state index is 12.5. The van der Waals surface area contributed by atoms with Gasteiger partial charge in [-0.3, -0.25) is 4.90 Å². The molecule has 2 aliphatic heterocycles. The Morgan fingerprint density at radius 2 is 1.97 bits per heavy atom. The van der Waals surface area contributed by atoms with Gasteiger partial charge in [0.2, 0.25) is 0 Å². The third-order valence-corrected chi connectivity index (χ3v) is 6.12. The number of amides is 1. The van der Waals surface area contributed by atoms with Crippen molar-refractivity contribution in [2.75, 3.05) is 38.1 Å². The predicted molar refractivity (Wildman–Crippen MR) is 122 cm³/mol. The van der Waals surface area contributed by atoms with E-state index in [4.69, 9.17) is 9.47 Å². The molecule has 2 saturated heterocycles. The Balaban J connectivity index is 1.75. The van der Waals surface area contributed by atoms with E-state index in [2.05, 4.69) is 39.8 Å². The van der Waals surface area contributed by atoms with Crippen molar-refractivity contribution < 1.29 is 14.3 Å². The van der Waals surface area contributed by atoms with Crippen molar-refractivity contribution in [1.29, 1.82) is 5.26 Å². The highest BCUT2D eigenvalue weighted by molar-refractivity contribution is 5.68. The molecule has 32 heavy (non-hydrogen) atoms. The number of hydrogen-bond donors (Lipinski definition) is 0. The molecule has 0 bridgehead atoms. The molecule has 0 unspecified atom stereocenters. The standard InChI is InChI=1S/C23H36N6O3/c1-16-9-11-28(22(30)32-23(3,4)5)12-13-29(16)20-14-18(15-24)25-21(26-20)31-17(2)19-8-7-10-27(19)6/h14,16-17,19H,7-13H2,1-6H3/t16-,17-,19-/m0/s1. The first-order valence-corrected chi connectivity index (χ1v) is 11.5. The highest BCUT2D eigenvalue weighted by Crippen LogP contribution is 2.25. The summed E-state index contributed by atoms with van der Waals surface area (Å²) in [5, 5.41) is 9.52. The number of nitriles is 1. The van der Waals surface area contributed by atoms with Gasteiger partial charge in [0.15, 0.2) is 0 Å². The van der Waals surface area contributed by atoms with Crippen LogP contribution in [0.4, 0.5) is 10.6 Å². The first kappa shape index (κ1) is 24.1. The summed E-state index contributed by atoms with van der Waals surface area (Å²) in [5.41, 5.74) is -0.253. The second-order valence-electron chi connectivity index (χ2n) is 9.82. The summed E-state index contributed by atoms with van der Waals surface area (Å²) < 4.78 is 11.6. The maximum atomic E-state index is 12.5. The van der Waals surface area contributed by atoms with Crippen LogP contribution in [0.5, 0.6) is 6.01 Å². The molecule has 1 aromatic heterocycles. The third kappa shape index (κ3) is 6.00. The number of hydrogen-bond acceptors (Lipinski definition) is 8. The van der Waals surface area contributed by atoms with Gasteiger partial charge in [-0.15, -0.1) is 0 Å². The summed E-state index contributed by atoms with van der Waals surface area (Å²) in [5.74, 6) is 0.650. The zero-order valence-electron chi connectivity index (χ0n) is 20.2. The van der Waals surface area contributed by atoms with Crippen LogP contribution in [0.2, 0.25) is 0 Å². The van der Waals surface area contributed by atoms with E-state index in [0.29, 0.717) is 31.5 Å². The molecule has 3 rings (SSSR count). The molecule has 1 amide bonds. The van der Waals surface area contributed by atoms with Crippen LogP contribution in [-0.4, -0.2) is 82.9 Å². The fourth-order valence-electron chi connectivity index (χ4n) is 4.35. The summed E-state index contributed by atoms with van der Waals surface area (Å²) in [6.07, 6.45) is 2.62. The predicted octanol–water partition coefficient (Wildman–Crippen LogP) is 3.05. The van der Waals surface area contributed by atoms with Crippen molar-refractivity contribution in [3.05, 3.63) is 11.8 Å². The largest absolute Gasteiger partial charge is 0.459 e. The molecule has 3 heterocycles. The lowest BCUT2D eigenvalue weighted by Gasteiger charge is -2.29. The lowest BCUT2D eigenvalue weighted by atomic mass is 10.1. The van der Waals surface area contributed by atoms with Gasteiger partial charge in [0.05, 0.1) is 0 Å². The second kappa shape index (κ2) is 9.90. The van der Waals surface area contributed by atoms with Crippen LogP contribution in [0.1, 0.15) is 59.6 Å². The van der Waals surface area contributed by atoms with E-state index in [9.17, 15) is 10.1 Å². The summed E-state index contributed by atoms with van der Waals surface area (Å²) >= 11 is 0. The van der Waals surface area contributed by atoms with Crippen molar-refractivity contribution in [1.82, 2.24) is 19.8 Å². The number of likely N-dealkylation sites (tertiary alicyclic amines) is 1. The van der Waals surface area contributed by atoms with Gasteiger partial charge in [-0.05, 0) is 67.5 Å². The van der Waals surface area contributed by atoms with Crippen molar-refractivity contribution in [2.24, 2.45) is 0 Å². The molecule has 0 N–H and O–H groups in total. The van der Waals surface area contributed by atoms with Gasteiger partial charge < -0.3 is 19.3 Å². The fourth-order valence-corrected chi connectivity index (χ4v) is 4.35. The van der Waals surface area contributed by atoms with Crippen LogP contribution < -0.4 is 9.64 Å². The van der Waals surface area contributed by atoms with Crippen molar-refractivity contribution in [3.8, 4) is 12.1 Å². The molecule has 0 spiro atoms. The topological polar surface area (TPSA) is 94.8 Å². The first-order chi connectivity index (χ1) is 15.1. The van der Waals surface area contributed by atoms with Gasteiger partial charge >= 0.3 is 12.1 Å². The van der Waals surface area contributed by atoms with E-state index in [-0.39, 0.29) is 29.9 Å². The Bertz CT molecular complexity index is 849. The van der Waals surface area contributed by atoms with E-state index in [1.807, 2.05) is 27.7 Å². The molecule has 0 aliphatic carbocycles. The minimum absolute atomic E-state index is 0.0755. The first-order valence-electron chi connectivity index (χ1n) is 11.5. The van der Waals surface area contributed by atoms with Crippen molar-refractivity contribution in [3.63, 3.8) is 0 Å². The second-order valence-corrected chi connectivity index (χ2v) is 9.82. The Morgan fingerprint density at radius 3 is 2.59 bits per heavy atom.